The van der Waals surface area contributed by atoms with Gasteiger partial charge in [-0.1, -0.05) is 44.2 Å². The summed E-state index contributed by atoms with van der Waals surface area (Å²) in [6, 6.07) is 13.1. The number of aryl methyl sites for hydroxylation is 3. The molecule has 3 aromatic heterocycles. The van der Waals surface area contributed by atoms with Gasteiger partial charge in [-0.2, -0.15) is 5.10 Å². The fraction of sp³-hybridized carbons (Fsp3) is 0.267. The summed E-state index contributed by atoms with van der Waals surface area (Å²) in [5, 5.41) is 6.45. The van der Waals surface area contributed by atoms with Crippen LogP contribution < -0.4 is 10.6 Å². The molecule has 3 N–H and O–H groups in total. The summed E-state index contributed by atoms with van der Waals surface area (Å²) in [7, 11) is 0. The highest BCUT2D eigenvalue weighted by molar-refractivity contribution is 5.97. The van der Waals surface area contributed by atoms with E-state index in [0.717, 1.165) is 48.3 Å². The lowest BCUT2D eigenvalue weighted by molar-refractivity contribution is 0.0999. The number of fused-ring (bicyclic) bond motifs is 2. The van der Waals surface area contributed by atoms with Crippen LogP contribution in [0.3, 0.4) is 0 Å². The molecule has 0 atom stereocenters. The number of hydrogen-bond acceptors (Lipinski definition) is 5. The Morgan fingerprint density at radius 3 is 2.47 bits per heavy atom. The number of anilines is 1. The Morgan fingerprint density at radius 2 is 1.79 bits per heavy atom. The summed E-state index contributed by atoms with van der Waals surface area (Å²) in [4.78, 5) is 26.0. The van der Waals surface area contributed by atoms with Gasteiger partial charge >= 0.3 is 0 Å². The van der Waals surface area contributed by atoms with Gasteiger partial charge in [0.15, 0.2) is 0 Å². The van der Waals surface area contributed by atoms with E-state index >= 15 is 0 Å². The van der Waals surface area contributed by atoms with E-state index in [9.17, 15) is 4.79 Å². The number of benzene rings is 2. The number of carbonyl (C=O) groups is 1. The van der Waals surface area contributed by atoms with E-state index in [1.54, 1.807) is 0 Å². The predicted octanol–water partition coefficient (Wildman–Crippen LogP) is 4.91. The summed E-state index contributed by atoms with van der Waals surface area (Å²) in [5.74, 6) is 0.0514. The van der Waals surface area contributed by atoms with Gasteiger partial charge < -0.3 is 15.6 Å². The minimum Gasteiger partial charge on any atom is -0.366 e. The molecular formula is C30H31N7O. The van der Waals surface area contributed by atoms with Gasteiger partial charge in [-0.15, -0.1) is 0 Å². The molecule has 8 heteroatoms. The molecule has 1 aliphatic rings. The maximum absolute atomic E-state index is 11.5. The largest absolute Gasteiger partial charge is 0.366 e. The van der Waals surface area contributed by atoms with Crippen LogP contribution in [0, 0.1) is 6.92 Å². The van der Waals surface area contributed by atoms with Crippen LogP contribution in [0.15, 0.2) is 55.0 Å². The molecule has 0 radical (unpaired) electrons. The van der Waals surface area contributed by atoms with Gasteiger partial charge in [-0.05, 0) is 42.5 Å². The fourth-order valence-electron chi connectivity index (χ4n) is 5.59. The summed E-state index contributed by atoms with van der Waals surface area (Å²) in [6.45, 7) is 7.89. The van der Waals surface area contributed by atoms with Crippen molar-refractivity contribution in [1.29, 1.82) is 0 Å². The molecule has 2 aromatic carbocycles. The summed E-state index contributed by atoms with van der Waals surface area (Å²) < 4.78 is 2.19. The summed E-state index contributed by atoms with van der Waals surface area (Å²) >= 11 is 0. The lowest BCUT2D eigenvalue weighted by Gasteiger charge is -2.27. The highest BCUT2D eigenvalue weighted by Crippen LogP contribution is 2.39. The number of hydrogen-bond donors (Lipinski definition) is 2. The number of aromatic amines is 1. The molecule has 0 fully saturated rings. The van der Waals surface area contributed by atoms with Crippen molar-refractivity contribution in [3.05, 3.63) is 88.5 Å². The van der Waals surface area contributed by atoms with E-state index in [-0.39, 0.29) is 0 Å². The third kappa shape index (κ3) is 3.84. The van der Waals surface area contributed by atoms with Crippen LogP contribution in [0.25, 0.3) is 27.8 Å². The van der Waals surface area contributed by atoms with Crippen LogP contribution in [0.4, 0.5) is 5.95 Å². The molecule has 0 unspecified atom stereocenters. The first-order valence-electron chi connectivity index (χ1n) is 13.2. The third-order valence-electron chi connectivity index (χ3n) is 7.60. The second-order valence-corrected chi connectivity index (χ2v) is 9.82. The van der Waals surface area contributed by atoms with Gasteiger partial charge in [0.2, 0.25) is 5.95 Å². The Labute approximate surface area is 221 Å². The van der Waals surface area contributed by atoms with Crippen molar-refractivity contribution in [3.8, 4) is 16.9 Å². The number of amides is 1. The number of nitrogens with one attached hydrogen (secondary N) is 1. The van der Waals surface area contributed by atoms with Crippen molar-refractivity contribution in [2.24, 2.45) is 5.73 Å². The second-order valence-electron chi connectivity index (χ2n) is 9.82. The van der Waals surface area contributed by atoms with Crippen molar-refractivity contribution in [3.63, 3.8) is 0 Å². The number of nitrogens with zero attached hydrogens (tertiary/aromatic N) is 5. The van der Waals surface area contributed by atoms with Gasteiger partial charge in [0.25, 0.3) is 5.91 Å². The Bertz CT molecular complexity index is 1640. The Morgan fingerprint density at radius 1 is 1.05 bits per heavy atom. The lowest BCUT2D eigenvalue weighted by atomic mass is 9.96. The highest BCUT2D eigenvalue weighted by Gasteiger charge is 2.29. The first-order chi connectivity index (χ1) is 18.5. The van der Waals surface area contributed by atoms with Gasteiger partial charge in [0.05, 0.1) is 22.6 Å². The number of rotatable bonds is 6. The first-order valence-corrected chi connectivity index (χ1v) is 13.2. The van der Waals surface area contributed by atoms with E-state index in [1.807, 2.05) is 6.20 Å². The predicted molar refractivity (Wildman–Crippen MR) is 150 cm³/mol. The van der Waals surface area contributed by atoms with Crippen LogP contribution >= 0.6 is 0 Å². The van der Waals surface area contributed by atoms with Crippen LogP contribution in [0.5, 0.6) is 0 Å². The monoisotopic (exact) mass is 505 g/mol. The van der Waals surface area contributed by atoms with Crippen LogP contribution in [0.1, 0.15) is 52.2 Å². The van der Waals surface area contributed by atoms with Crippen molar-refractivity contribution >= 4 is 22.8 Å². The maximum Gasteiger partial charge on any atom is 0.251 e. The van der Waals surface area contributed by atoms with Crippen molar-refractivity contribution in [1.82, 2.24) is 24.7 Å². The average Bonchev–Trinajstić information content (AvgIpc) is 3.58. The molecule has 5 aromatic rings. The summed E-state index contributed by atoms with van der Waals surface area (Å²) in [6.07, 6.45) is 7.62. The van der Waals surface area contributed by atoms with E-state index in [2.05, 4.69) is 81.7 Å². The van der Waals surface area contributed by atoms with Crippen LogP contribution in [-0.2, 0) is 25.8 Å². The minimum absolute atomic E-state index is 0.303. The normalized spacial score (nSPS) is 13.2. The Kier molecular flexibility index (Phi) is 5.94. The standard InChI is InChI=1S/C30H31N7O/c1-4-19-7-6-8-20(5-2)27(19)37-28(23-10-9-18(3)26-22(23)11-13-32-26)24-17-36(14-12-25(24)35-37)30-33-15-21(16-34-30)29(31)38/h6-11,13,15-16,32H,4-5,12,14,17H2,1-3H3,(H2,31,38). The third-order valence-corrected chi connectivity index (χ3v) is 7.60. The van der Waals surface area contributed by atoms with E-state index in [1.165, 1.54) is 45.7 Å². The molecule has 6 rings (SSSR count). The number of primary amides is 1. The molecule has 38 heavy (non-hydrogen) atoms. The van der Waals surface area contributed by atoms with Crippen molar-refractivity contribution in [2.75, 3.05) is 11.4 Å². The average molecular weight is 506 g/mol. The smallest absolute Gasteiger partial charge is 0.251 e. The van der Waals surface area contributed by atoms with E-state index in [4.69, 9.17) is 10.8 Å². The quantitative estimate of drug-likeness (QED) is 0.341. The molecule has 0 spiro atoms. The van der Waals surface area contributed by atoms with Gasteiger partial charge in [-0.3, -0.25) is 4.79 Å². The van der Waals surface area contributed by atoms with Crippen molar-refractivity contribution < 1.29 is 4.79 Å². The number of carbonyl (C=O) groups excluding carboxylic acids is 1. The number of H-pyrrole nitrogens is 1. The molecule has 0 bridgehead atoms. The Hall–Kier alpha value is -4.46. The molecule has 8 nitrogen and oxygen atoms in total. The van der Waals surface area contributed by atoms with E-state index < -0.39 is 5.91 Å². The molecular weight excluding hydrogens is 474 g/mol. The number of aromatic nitrogens is 5. The van der Waals surface area contributed by atoms with Gasteiger partial charge in [0.1, 0.15) is 0 Å². The second kappa shape index (κ2) is 9.45. The van der Waals surface area contributed by atoms with E-state index in [0.29, 0.717) is 18.1 Å². The topological polar surface area (TPSA) is 106 Å². The van der Waals surface area contributed by atoms with Gasteiger partial charge in [-0.25, -0.2) is 14.6 Å². The molecule has 1 aliphatic heterocycles. The molecule has 0 saturated heterocycles. The molecule has 0 aliphatic carbocycles. The molecule has 0 saturated carbocycles. The fourth-order valence-corrected chi connectivity index (χ4v) is 5.59. The molecule has 1 amide bonds. The first kappa shape index (κ1) is 23.9. The van der Waals surface area contributed by atoms with Crippen molar-refractivity contribution in [2.45, 2.75) is 46.6 Å². The Balaban J connectivity index is 1.57. The molecule has 4 heterocycles. The number of nitrogens with two attached hydrogens (primary N) is 1. The zero-order valence-corrected chi connectivity index (χ0v) is 22.0. The summed E-state index contributed by atoms with van der Waals surface area (Å²) in [5.41, 5.74) is 16.3. The SMILES string of the molecule is CCc1cccc(CC)c1-n1nc2c(c1-c1ccc(C)c3[nH]ccc13)CN(c1ncc(C(N)=O)cn1)CC2. The zero-order chi connectivity index (χ0) is 26.4. The van der Waals surface area contributed by atoms with Crippen LogP contribution in [0.2, 0.25) is 0 Å². The zero-order valence-electron chi connectivity index (χ0n) is 22.0. The lowest BCUT2D eigenvalue weighted by Crippen LogP contribution is -2.31. The number of para-hydroxylation sites is 1. The van der Waals surface area contributed by atoms with Gasteiger partial charge in [0, 0.05) is 60.1 Å². The maximum atomic E-state index is 11.5. The molecule has 192 valence electrons. The highest BCUT2D eigenvalue weighted by atomic mass is 16.1. The minimum atomic E-state index is -0.530. The van der Waals surface area contributed by atoms with Crippen LogP contribution in [-0.4, -0.2) is 37.2 Å².